The second-order valence-electron chi connectivity index (χ2n) is 6.20. The number of nitrogens with two attached hydrogens (primary N) is 1. The maximum absolute atomic E-state index is 12.7. The summed E-state index contributed by atoms with van der Waals surface area (Å²) in [6, 6.07) is 8.21. The molecule has 2 aliphatic rings. The summed E-state index contributed by atoms with van der Waals surface area (Å²) in [6.45, 7) is 2.96. The van der Waals surface area contributed by atoms with E-state index in [1.165, 1.54) is 17.1 Å². The fraction of sp³-hybridized carbons (Fsp3) is 0.611. The number of likely N-dealkylation sites (tertiary alicyclic amines) is 1. The molecule has 6 heteroatoms. The molecule has 1 amide bonds. The Morgan fingerprint density at radius 3 is 2.46 bits per heavy atom. The van der Waals surface area contributed by atoms with Crippen LogP contribution in [0, 0.1) is 0 Å². The van der Waals surface area contributed by atoms with Gasteiger partial charge in [0.2, 0.25) is 0 Å². The standard InChI is InChI=1S/C18H26N2O2S2/c19-8-1-11-22-16-6-9-20(10-7-16)17(21)14-2-4-15(5-3-14)18-23-12-13-24-18/h2-5,16,18H,1,6-13,19H2. The Hall–Kier alpha value is -0.690. The third-order valence-corrected chi connectivity index (χ3v) is 7.59. The van der Waals surface area contributed by atoms with Gasteiger partial charge in [0, 0.05) is 36.8 Å². The van der Waals surface area contributed by atoms with Crippen LogP contribution in [0.2, 0.25) is 0 Å². The number of carbonyl (C=O) groups excluding carboxylic acids is 1. The fourth-order valence-electron chi connectivity index (χ4n) is 3.08. The van der Waals surface area contributed by atoms with Crippen molar-refractivity contribution in [1.29, 1.82) is 0 Å². The molecule has 0 bridgehead atoms. The van der Waals surface area contributed by atoms with Crippen molar-refractivity contribution >= 4 is 29.4 Å². The van der Waals surface area contributed by atoms with Crippen molar-refractivity contribution in [1.82, 2.24) is 4.90 Å². The Morgan fingerprint density at radius 2 is 1.83 bits per heavy atom. The van der Waals surface area contributed by atoms with Gasteiger partial charge >= 0.3 is 0 Å². The van der Waals surface area contributed by atoms with Crippen molar-refractivity contribution in [3.63, 3.8) is 0 Å². The molecule has 2 saturated heterocycles. The Morgan fingerprint density at radius 1 is 1.17 bits per heavy atom. The first-order chi connectivity index (χ1) is 11.8. The first-order valence-electron chi connectivity index (χ1n) is 8.72. The molecular weight excluding hydrogens is 340 g/mol. The van der Waals surface area contributed by atoms with E-state index < -0.39 is 0 Å². The van der Waals surface area contributed by atoms with Crippen molar-refractivity contribution in [3.05, 3.63) is 35.4 Å². The zero-order valence-electron chi connectivity index (χ0n) is 14.0. The van der Waals surface area contributed by atoms with Gasteiger partial charge < -0.3 is 15.4 Å². The molecule has 2 aliphatic heterocycles. The summed E-state index contributed by atoms with van der Waals surface area (Å²) in [5, 5.41) is 0. The van der Waals surface area contributed by atoms with Crippen molar-refractivity contribution in [2.45, 2.75) is 29.9 Å². The molecule has 132 valence electrons. The lowest BCUT2D eigenvalue weighted by molar-refractivity contribution is 0.00845. The van der Waals surface area contributed by atoms with E-state index in [-0.39, 0.29) is 12.0 Å². The smallest absolute Gasteiger partial charge is 0.253 e. The topological polar surface area (TPSA) is 55.6 Å². The van der Waals surface area contributed by atoms with Crippen LogP contribution >= 0.6 is 23.5 Å². The van der Waals surface area contributed by atoms with Crippen LogP contribution in [0.15, 0.2) is 24.3 Å². The molecule has 2 N–H and O–H groups in total. The molecule has 3 rings (SSSR count). The highest BCUT2D eigenvalue weighted by molar-refractivity contribution is 8.19. The van der Waals surface area contributed by atoms with Crippen LogP contribution in [0.1, 0.15) is 39.8 Å². The van der Waals surface area contributed by atoms with Gasteiger partial charge in [0.15, 0.2) is 0 Å². The molecule has 0 radical (unpaired) electrons. The van der Waals surface area contributed by atoms with Gasteiger partial charge in [0.05, 0.1) is 10.7 Å². The van der Waals surface area contributed by atoms with E-state index in [4.69, 9.17) is 10.5 Å². The maximum atomic E-state index is 12.7. The minimum atomic E-state index is 0.147. The molecule has 0 aliphatic carbocycles. The Labute approximate surface area is 152 Å². The molecule has 0 atom stereocenters. The number of hydrogen-bond donors (Lipinski definition) is 1. The van der Waals surface area contributed by atoms with Crippen molar-refractivity contribution in [3.8, 4) is 0 Å². The Balaban J connectivity index is 1.49. The average Bonchev–Trinajstić information content (AvgIpc) is 3.17. The predicted molar refractivity (Wildman–Crippen MR) is 103 cm³/mol. The van der Waals surface area contributed by atoms with Gasteiger partial charge in [-0.2, -0.15) is 0 Å². The molecule has 1 aromatic carbocycles. The summed E-state index contributed by atoms with van der Waals surface area (Å²) in [7, 11) is 0. The number of nitrogens with zero attached hydrogens (tertiary/aromatic N) is 1. The largest absolute Gasteiger partial charge is 0.378 e. The lowest BCUT2D eigenvalue weighted by Crippen LogP contribution is -2.41. The third-order valence-electron chi connectivity index (χ3n) is 4.48. The van der Waals surface area contributed by atoms with Crippen molar-refractivity contribution in [2.75, 3.05) is 37.7 Å². The maximum Gasteiger partial charge on any atom is 0.253 e. The number of amides is 1. The lowest BCUT2D eigenvalue weighted by Gasteiger charge is -2.32. The minimum Gasteiger partial charge on any atom is -0.378 e. The molecule has 0 aromatic heterocycles. The highest BCUT2D eigenvalue weighted by Gasteiger charge is 2.24. The molecule has 2 fully saturated rings. The van der Waals surface area contributed by atoms with E-state index >= 15 is 0 Å². The van der Waals surface area contributed by atoms with Gasteiger partial charge in [-0.3, -0.25) is 4.79 Å². The number of benzene rings is 1. The number of piperidine rings is 1. The highest BCUT2D eigenvalue weighted by Crippen LogP contribution is 2.45. The highest BCUT2D eigenvalue weighted by atomic mass is 32.2. The molecule has 24 heavy (non-hydrogen) atoms. The van der Waals surface area contributed by atoms with E-state index in [1.54, 1.807) is 0 Å². The number of hydrogen-bond acceptors (Lipinski definition) is 5. The average molecular weight is 367 g/mol. The number of ether oxygens (including phenoxy) is 1. The number of carbonyl (C=O) groups is 1. The summed E-state index contributed by atoms with van der Waals surface area (Å²) in [6.07, 6.45) is 3.02. The normalized spacial score (nSPS) is 19.8. The summed E-state index contributed by atoms with van der Waals surface area (Å²) >= 11 is 3.98. The second kappa shape index (κ2) is 9.13. The van der Waals surface area contributed by atoms with Gasteiger partial charge in [-0.1, -0.05) is 12.1 Å². The van der Waals surface area contributed by atoms with Crippen LogP contribution in [0.5, 0.6) is 0 Å². The van der Waals surface area contributed by atoms with Gasteiger partial charge in [0.1, 0.15) is 0 Å². The Bertz CT molecular complexity index is 524. The van der Waals surface area contributed by atoms with Crippen LogP contribution in [0.25, 0.3) is 0 Å². The van der Waals surface area contributed by atoms with Crippen LogP contribution < -0.4 is 5.73 Å². The van der Waals surface area contributed by atoms with Gasteiger partial charge in [-0.15, -0.1) is 23.5 Å². The zero-order valence-corrected chi connectivity index (χ0v) is 15.6. The van der Waals surface area contributed by atoms with E-state index in [2.05, 4.69) is 12.1 Å². The quantitative estimate of drug-likeness (QED) is 0.784. The third kappa shape index (κ3) is 4.69. The molecule has 4 nitrogen and oxygen atoms in total. The van der Waals surface area contributed by atoms with Crippen LogP contribution in [-0.2, 0) is 4.74 Å². The van der Waals surface area contributed by atoms with Crippen LogP contribution in [-0.4, -0.2) is 54.7 Å². The zero-order chi connectivity index (χ0) is 16.8. The lowest BCUT2D eigenvalue weighted by atomic mass is 10.1. The first-order valence-corrected chi connectivity index (χ1v) is 10.8. The molecule has 2 heterocycles. The van der Waals surface area contributed by atoms with Crippen molar-refractivity contribution in [2.24, 2.45) is 5.73 Å². The van der Waals surface area contributed by atoms with E-state index in [0.717, 1.165) is 44.5 Å². The molecule has 0 saturated carbocycles. The summed E-state index contributed by atoms with van der Waals surface area (Å²) in [4.78, 5) is 14.6. The monoisotopic (exact) mass is 366 g/mol. The predicted octanol–water partition coefficient (Wildman–Crippen LogP) is 3.14. The molecular formula is C18H26N2O2S2. The van der Waals surface area contributed by atoms with E-state index in [9.17, 15) is 4.79 Å². The molecule has 1 aromatic rings. The van der Waals surface area contributed by atoms with Crippen LogP contribution in [0.3, 0.4) is 0 Å². The minimum absolute atomic E-state index is 0.147. The van der Waals surface area contributed by atoms with Gasteiger partial charge in [-0.05, 0) is 43.5 Å². The summed E-state index contributed by atoms with van der Waals surface area (Å²) in [5.74, 6) is 2.59. The molecule has 0 spiro atoms. The van der Waals surface area contributed by atoms with E-state index in [0.29, 0.717) is 11.1 Å². The molecule has 0 unspecified atom stereocenters. The summed E-state index contributed by atoms with van der Waals surface area (Å²) < 4.78 is 6.34. The SMILES string of the molecule is NCCCOC1CCN(C(=O)c2ccc(C3SCCS3)cc2)CC1. The number of rotatable bonds is 6. The Kier molecular flexibility index (Phi) is 6.89. The van der Waals surface area contributed by atoms with Crippen LogP contribution in [0.4, 0.5) is 0 Å². The van der Waals surface area contributed by atoms with Gasteiger partial charge in [-0.25, -0.2) is 0 Å². The fourth-order valence-corrected chi connectivity index (χ4v) is 5.93. The van der Waals surface area contributed by atoms with Gasteiger partial charge in [0.25, 0.3) is 5.91 Å². The first kappa shape index (κ1) is 18.1. The summed E-state index contributed by atoms with van der Waals surface area (Å²) in [5.41, 5.74) is 7.61. The second-order valence-corrected chi connectivity index (χ2v) is 8.92. The van der Waals surface area contributed by atoms with E-state index in [1.807, 2.05) is 40.6 Å². The van der Waals surface area contributed by atoms with Crippen molar-refractivity contribution < 1.29 is 9.53 Å². The number of thioether (sulfide) groups is 2.